The van der Waals surface area contributed by atoms with Crippen molar-refractivity contribution in [1.82, 2.24) is 9.88 Å². The van der Waals surface area contributed by atoms with Gasteiger partial charge in [-0.2, -0.15) is 11.3 Å². The van der Waals surface area contributed by atoms with Gasteiger partial charge in [-0.3, -0.25) is 9.69 Å². The minimum absolute atomic E-state index is 0.0297. The largest absolute Gasteiger partial charge is 0.301 e. The zero-order valence-electron chi connectivity index (χ0n) is 11.3. The van der Waals surface area contributed by atoms with E-state index in [0.717, 1.165) is 19.4 Å². The summed E-state index contributed by atoms with van der Waals surface area (Å²) in [6, 6.07) is 2.41. The molecule has 20 heavy (non-hydrogen) atoms. The van der Waals surface area contributed by atoms with Gasteiger partial charge in [0.25, 0.3) is 0 Å². The number of amides is 1. The second-order valence-corrected chi connectivity index (χ2v) is 6.63. The Bertz CT molecular complexity index is 553. The monoisotopic (exact) mass is 307 g/mol. The molecule has 3 rings (SSSR count). The fraction of sp³-hybridized carbons (Fsp3) is 0.429. The second kappa shape index (κ2) is 6.03. The van der Waals surface area contributed by atoms with Crippen LogP contribution in [0.25, 0.3) is 0 Å². The first kappa shape index (κ1) is 13.7. The molecule has 0 bridgehead atoms. The van der Waals surface area contributed by atoms with Gasteiger partial charge in [-0.05, 0) is 48.7 Å². The lowest BCUT2D eigenvalue weighted by molar-refractivity contribution is -0.121. The first-order valence-corrected chi connectivity index (χ1v) is 8.56. The molecule has 106 valence electrons. The molecule has 6 heteroatoms. The molecule has 1 amide bonds. The summed E-state index contributed by atoms with van der Waals surface area (Å²) >= 11 is 3.17. The molecule has 0 radical (unpaired) electrons. The van der Waals surface area contributed by atoms with Crippen molar-refractivity contribution in [1.29, 1.82) is 0 Å². The lowest BCUT2D eigenvalue weighted by Crippen LogP contribution is -2.41. The molecule has 0 spiro atoms. The van der Waals surface area contributed by atoms with Gasteiger partial charge in [0.05, 0.1) is 6.04 Å². The van der Waals surface area contributed by atoms with E-state index >= 15 is 0 Å². The van der Waals surface area contributed by atoms with Crippen LogP contribution in [-0.2, 0) is 4.79 Å². The first-order valence-electron chi connectivity index (χ1n) is 6.74. The highest BCUT2D eigenvalue weighted by Crippen LogP contribution is 2.34. The second-order valence-electron chi connectivity index (χ2n) is 4.96. The Hall–Kier alpha value is -1.24. The maximum atomic E-state index is 12.3. The van der Waals surface area contributed by atoms with Gasteiger partial charge in [-0.1, -0.05) is 0 Å². The van der Waals surface area contributed by atoms with Gasteiger partial charge in [0, 0.05) is 17.6 Å². The van der Waals surface area contributed by atoms with Crippen LogP contribution in [-0.4, -0.2) is 28.4 Å². The normalized spacial score (nSPS) is 20.9. The summed E-state index contributed by atoms with van der Waals surface area (Å²) in [5.41, 5.74) is 1.33. The van der Waals surface area contributed by atoms with Gasteiger partial charge in [0.15, 0.2) is 5.13 Å². The van der Waals surface area contributed by atoms with Gasteiger partial charge < -0.3 is 5.32 Å². The van der Waals surface area contributed by atoms with E-state index in [1.807, 2.05) is 12.3 Å². The average Bonchev–Trinajstić information content (AvgIpc) is 3.18. The van der Waals surface area contributed by atoms with Crippen molar-refractivity contribution in [3.8, 4) is 0 Å². The number of nitrogens with zero attached hydrogens (tertiary/aromatic N) is 2. The van der Waals surface area contributed by atoms with E-state index in [2.05, 4.69) is 32.0 Å². The van der Waals surface area contributed by atoms with Crippen LogP contribution in [0.5, 0.6) is 0 Å². The summed E-state index contributed by atoms with van der Waals surface area (Å²) in [5, 5.41) is 9.73. The Morgan fingerprint density at radius 3 is 3.15 bits per heavy atom. The van der Waals surface area contributed by atoms with Gasteiger partial charge in [-0.15, -0.1) is 11.3 Å². The predicted octanol–water partition coefficient (Wildman–Crippen LogP) is 3.37. The van der Waals surface area contributed by atoms with Crippen LogP contribution >= 0.6 is 22.7 Å². The number of carbonyl (C=O) groups is 1. The Kier molecular flexibility index (Phi) is 4.14. The standard InChI is InChI=1S/C14H17N3OS2/c1-10(13(18)16-14-15-5-8-20-14)17-6-2-3-12(17)11-4-7-19-9-11/h4-5,7-10,12H,2-3,6H2,1H3,(H,15,16,18)/t10-,12+/m0/s1. The number of nitrogens with one attached hydrogen (secondary N) is 1. The van der Waals surface area contributed by atoms with Crippen molar-refractivity contribution < 1.29 is 4.79 Å². The fourth-order valence-electron chi connectivity index (χ4n) is 2.72. The molecular formula is C14H17N3OS2. The maximum absolute atomic E-state index is 12.3. The molecule has 4 nitrogen and oxygen atoms in total. The molecule has 2 aromatic rings. The third kappa shape index (κ3) is 2.77. The highest BCUT2D eigenvalue weighted by atomic mass is 32.1. The van der Waals surface area contributed by atoms with Gasteiger partial charge in [-0.25, -0.2) is 4.98 Å². The van der Waals surface area contributed by atoms with Gasteiger partial charge in [0.2, 0.25) is 5.91 Å². The third-order valence-electron chi connectivity index (χ3n) is 3.76. The fourth-order valence-corrected chi connectivity index (χ4v) is 3.96. The van der Waals surface area contributed by atoms with E-state index in [1.165, 1.54) is 16.9 Å². The Labute approximate surface area is 126 Å². The molecule has 2 aromatic heterocycles. The molecule has 2 atom stereocenters. The van der Waals surface area contributed by atoms with E-state index in [-0.39, 0.29) is 11.9 Å². The molecule has 1 N–H and O–H groups in total. The highest BCUT2D eigenvalue weighted by molar-refractivity contribution is 7.13. The number of aromatic nitrogens is 1. The summed E-state index contributed by atoms with van der Waals surface area (Å²) in [7, 11) is 0. The smallest absolute Gasteiger partial charge is 0.243 e. The Balaban J connectivity index is 1.69. The first-order chi connectivity index (χ1) is 9.75. The zero-order valence-corrected chi connectivity index (χ0v) is 12.9. The number of thiophene rings is 1. The van der Waals surface area contributed by atoms with Crippen molar-refractivity contribution >= 4 is 33.7 Å². The van der Waals surface area contributed by atoms with Crippen molar-refractivity contribution in [2.24, 2.45) is 0 Å². The molecule has 0 unspecified atom stereocenters. The van der Waals surface area contributed by atoms with Crippen molar-refractivity contribution in [3.05, 3.63) is 34.0 Å². The van der Waals surface area contributed by atoms with Crippen LogP contribution < -0.4 is 5.32 Å². The van der Waals surface area contributed by atoms with Crippen LogP contribution in [0.4, 0.5) is 5.13 Å². The molecule has 0 aromatic carbocycles. The van der Waals surface area contributed by atoms with E-state index < -0.39 is 0 Å². The summed E-state index contributed by atoms with van der Waals surface area (Å²) < 4.78 is 0. The van der Waals surface area contributed by atoms with E-state index in [1.54, 1.807) is 17.5 Å². The molecular weight excluding hydrogens is 290 g/mol. The lowest BCUT2D eigenvalue weighted by Gasteiger charge is -2.29. The molecule has 3 heterocycles. The minimum atomic E-state index is -0.133. The molecule has 1 saturated heterocycles. The lowest BCUT2D eigenvalue weighted by atomic mass is 10.1. The number of carbonyl (C=O) groups excluding carboxylic acids is 1. The zero-order chi connectivity index (χ0) is 13.9. The molecule has 1 aliphatic rings. The Morgan fingerprint density at radius 2 is 2.45 bits per heavy atom. The number of likely N-dealkylation sites (tertiary alicyclic amines) is 1. The van der Waals surface area contributed by atoms with Gasteiger partial charge >= 0.3 is 0 Å². The number of thiazole rings is 1. The summed E-state index contributed by atoms with van der Waals surface area (Å²) in [6.07, 6.45) is 3.98. The molecule has 1 aliphatic heterocycles. The maximum Gasteiger partial charge on any atom is 0.243 e. The topological polar surface area (TPSA) is 45.2 Å². The van der Waals surface area contributed by atoms with Crippen LogP contribution in [0, 0.1) is 0 Å². The molecule has 0 aliphatic carbocycles. The SMILES string of the molecule is C[C@@H](C(=O)Nc1nccs1)N1CCC[C@@H]1c1ccsc1. The predicted molar refractivity (Wildman–Crippen MR) is 83.2 cm³/mol. The van der Waals surface area contributed by atoms with E-state index in [0.29, 0.717) is 11.2 Å². The summed E-state index contributed by atoms with van der Waals surface area (Å²) in [5.74, 6) is 0.0297. The van der Waals surface area contributed by atoms with Gasteiger partial charge in [0.1, 0.15) is 0 Å². The summed E-state index contributed by atoms with van der Waals surface area (Å²) in [4.78, 5) is 18.7. The Morgan fingerprint density at radius 1 is 1.55 bits per heavy atom. The number of anilines is 1. The third-order valence-corrected chi connectivity index (χ3v) is 5.15. The minimum Gasteiger partial charge on any atom is -0.301 e. The van der Waals surface area contributed by atoms with Crippen LogP contribution in [0.2, 0.25) is 0 Å². The van der Waals surface area contributed by atoms with Crippen LogP contribution in [0.1, 0.15) is 31.4 Å². The van der Waals surface area contributed by atoms with Crippen molar-refractivity contribution in [3.63, 3.8) is 0 Å². The quantitative estimate of drug-likeness (QED) is 0.942. The van der Waals surface area contributed by atoms with Crippen LogP contribution in [0.3, 0.4) is 0 Å². The number of hydrogen-bond donors (Lipinski definition) is 1. The van der Waals surface area contributed by atoms with Crippen molar-refractivity contribution in [2.45, 2.75) is 31.8 Å². The summed E-state index contributed by atoms with van der Waals surface area (Å²) in [6.45, 7) is 2.96. The van der Waals surface area contributed by atoms with Crippen molar-refractivity contribution in [2.75, 3.05) is 11.9 Å². The average molecular weight is 307 g/mol. The number of rotatable bonds is 4. The number of hydrogen-bond acceptors (Lipinski definition) is 5. The van der Waals surface area contributed by atoms with Crippen LogP contribution in [0.15, 0.2) is 28.4 Å². The van der Waals surface area contributed by atoms with E-state index in [4.69, 9.17) is 0 Å². The molecule has 1 fully saturated rings. The van der Waals surface area contributed by atoms with E-state index in [9.17, 15) is 4.79 Å². The molecule has 0 saturated carbocycles. The highest BCUT2D eigenvalue weighted by Gasteiger charge is 2.33.